The first-order valence-electron chi connectivity index (χ1n) is 6.00. The van der Waals surface area contributed by atoms with E-state index in [-0.39, 0.29) is 17.6 Å². The van der Waals surface area contributed by atoms with Gasteiger partial charge in [-0.2, -0.15) is 0 Å². The molecule has 0 aromatic carbocycles. The van der Waals surface area contributed by atoms with Crippen molar-refractivity contribution >= 4 is 23.3 Å². The Balaban J connectivity index is 1.90. The Morgan fingerprint density at radius 2 is 2.35 bits per heavy atom. The van der Waals surface area contributed by atoms with E-state index < -0.39 is 17.0 Å². The smallest absolute Gasteiger partial charge is 0.332 e. The summed E-state index contributed by atoms with van der Waals surface area (Å²) >= 11 is 0. The van der Waals surface area contributed by atoms with E-state index in [0.717, 1.165) is 0 Å². The maximum atomic E-state index is 10.7. The zero-order chi connectivity index (χ0) is 14.7. The van der Waals surface area contributed by atoms with Gasteiger partial charge in [-0.05, 0) is 18.9 Å². The van der Waals surface area contributed by atoms with Crippen molar-refractivity contribution in [3.8, 4) is 0 Å². The predicted octanol–water partition coefficient (Wildman–Crippen LogP) is 0.616. The van der Waals surface area contributed by atoms with Gasteiger partial charge in [-0.15, -0.1) is 0 Å². The number of aliphatic carboxylic acids is 1. The number of carboxylic acids is 1. The number of ether oxygens (including phenoxy) is 1. The van der Waals surface area contributed by atoms with Crippen LogP contribution in [0.4, 0.5) is 17.3 Å². The maximum Gasteiger partial charge on any atom is 0.332 e. The number of hydrogen-bond donors (Lipinski definition) is 3. The van der Waals surface area contributed by atoms with Crippen LogP contribution in [0, 0.1) is 10.1 Å². The monoisotopic (exact) mass is 282 g/mol. The molecule has 1 fully saturated rings. The summed E-state index contributed by atoms with van der Waals surface area (Å²) in [6.45, 7) is 0.369. The summed E-state index contributed by atoms with van der Waals surface area (Å²) in [4.78, 5) is 24.6. The molecular weight excluding hydrogens is 268 g/mol. The molecule has 1 aliphatic heterocycles. The van der Waals surface area contributed by atoms with Crippen LogP contribution in [0.2, 0.25) is 0 Å². The molecule has 0 saturated carbocycles. The fraction of sp³-hybridized carbons (Fsp3) is 0.455. The molecule has 108 valence electrons. The molecule has 0 radical (unpaired) electrons. The fourth-order valence-corrected chi connectivity index (χ4v) is 1.98. The second kappa shape index (κ2) is 5.70. The molecule has 4 N–H and O–H groups in total. The van der Waals surface area contributed by atoms with Crippen LogP contribution >= 0.6 is 0 Å². The highest BCUT2D eigenvalue weighted by Crippen LogP contribution is 2.22. The van der Waals surface area contributed by atoms with Gasteiger partial charge in [0, 0.05) is 12.6 Å². The average molecular weight is 282 g/mol. The average Bonchev–Trinajstić information content (AvgIpc) is 2.85. The molecule has 0 spiro atoms. The Hall–Kier alpha value is -2.42. The van der Waals surface area contributed by atoms with Crippen LogP contribution in [0.3, 0.4) is 0 Å². The van der Waals surface area contributed by atoms with Crippen LogP contribution in [-0.2, 0) is 9.53 Å². The lowest BCUT2D eigenvalue weighted by molar-refractivity contribution is -0.384. The lowest BCUT2D eigenvalue weighted by Gasteiger charge is -2.12. The molecule has 2 unspecified atom stereocenters. The van der Waals surface area contributed by atoms with Crippen molar-refractivity contribution in [3.63, 3.8) is 0 Å². The number of hydrogen-bond acceptors (Lipinski definition) is 7. The lowest BCUT2D eigenvalue weighted by atomic mass is 10.2. The van der Waals surface area contributed by atoms with Gasteiger partial charge >= 0.3 is 11.7 Å². The molecule has 1 aliphatic rings. The standard InChI is InChI=1S/C11H14N4O5/c12-10-7(15(18)19)2-4-9(14-10)13-5-6-1-3-8(20-6)11(16)17/h2,4,6,8H,1,3,5H2,(H,16,17)(H3,12,13,14). The zero-order valence-electron chi connectivity index (χ0n) is 10.5. The Kier molecular flexibility index (Phi) is 3.99. The molecule has 2 atom stereocenters. The molecule has 9 nitrogen and oxygen atoms in total. The quantitative estimate of drug-likeness (QED) is 0.527. The number of nitrogen functional groups attached to an aromatic ring is 1. The molecule has 9 heteroatoms. The third-order valence-electron chi connectivity index (χ3n) is 2.99. The van der Waals surface area contributed by atoms with Gasteiger partial charge in [-0.3, -0.25) is 10.1 Å². The van der Waals surface area contributed by atoms with Crippen molar-refractivity contribution in [2.24, 2.45) is 0 Å². The molecule has 2 heterocycles. The molecule has 0 bridgehead atoms. The van der Waals surface area contributed by atoms with E-state index in [1.165, 1.54) is 12.1 Å². The Morgan fingerprint density at radius 3 is 2.90 bits per heavy atom. The summed E-state index contributed by atoms with van der Waals surface area (Å²) in [6.07, 6.45) is 0.107. The Labute approximate surface area is 113 Å². The van der Waals surface area contributed by atoms with E-state index in [1.807, 2.05) is 0 Å². The minimum atomic E-state index is -0.967. The van der Waals surface area contributed by atoms with Gasteiger partial charge in [0.05, 0.1) is 11.0 Å². The van der Waals surface area contributed by atoms with Crippen molar-refractivity contribution in [1.29, 1.82) is 0 Å². The summed E-state index contributed by atoms with van der Waals surface area (Å²) in [5, 5.41) is 22.3. The van der Waals surface area contributed by atoms with Gasteiger partial charge in [0.25, 0.3) is 0 Å². The highest BCUT2D eigenvalue weighted by Gasteiger charge is 2.30. The highest BCUT2D eigenvalue weighted by molar-refractivity contribution is 5.72. The van der Waals surface area contributed by atoms with Crippen molar-refractivity contribution in [1.82, 2.24) is 4.98 Å². The molecular formula is C11H14N4O5. The van der Waals surface area contributed by atoms with Crippen molar-refractivity contribution in [3.05, 3.63) is 22.2 Å². The number of nitrogens with zero attached hydrogens (tertiary/aromatic N) is 2. The number of aromatic nitrogens is 1. The molecule has 1 saturated heterocycles. The van der Waals surface area contributed by atoms with Gasteiger partial charge < -0.3 is 20.9 Å². The number of anilines is 2. The molecule has 2 rings (SSSR count). The molecule has 0 amide bonds. The van der Waals surface area contributed by atoms with Gasteiger partial charge in [-0.25, -0.2) is 9.78 Å². The minimum absolute atomic E-state index is 0.171. The second-order valence-corrected chi connectivity index (χ2v) is 4.40. The van der Waals surface area contributed by atoms with Gasteiger partial charge in [0.1, 0.15) is 5.82 Å². The normalized spacial score (nSPS) is 21.6. The van der Waals surface area contributed by atoms with Crippen LogP contribution in [-0.4, -0.2) is 39.7 Å². The Morgan fingerprint density at radius 1 is 1.60 bits per heavy atom. The molecule has 1 aromatic heterocycles. The van der Waals surface area contributed by atoms with E-state index in [1.54, 1.807) is 0 Å². The first-order chi connectivity index (χ1) is 9.47. The van der Waals surface area contributed by atoms with E-state index >= 15 is 0 Å². The number of nitrogens with one attached hydrogen (secondary N) is 1. The zero-order valence-corrected chi connectivity index (χ0v) is 10.5. The van der Waals surface area contributed by atoms with Crippen LogP contribution in [0.15, 0.2) is 12.1 Å². The largest absolute Gasteiger partial charge is 0.479 e. The summed E-state index contributed by atoms with van der Waals surface area (Å²) in [5.41, 5.74) is 5.21. The third-order valence-corrected chi connectivity index (χ3v) is 2.99. The fourth-order valence-electron chi connectivity index (χ4n) is 1.98. The van der Waals surface area contributed by atoms with E-state index in [9.17, 15) is 14.9 Å². The SMILES string of the molecule is Nc1nc(NCC2CCC(C(=O)O)O2)ccc1[N+](=O)[O-]. The number of pyridine rings is 1. The first kappa shape index (κ1) is 14.0. The van der Waals surface area contributed by atoms with Crippen LogP contribution in [0.1, 0.15) is 12.8 Å². The minimum Gasteiger partial charge on any atom is -0.479 e. The van der Waals surface area contributed by atoms with Gasteiger partial charge in [0.2, 0.25) is 5.82 Å². The summed E-state index contributed by atoms with van der Waals surface area (Å²) in [7, 11) is 0. The second-order valence-electron chi connectivity index (χ2n) is 4.40. The van der Waals surface area contributed by atoms with Crippen LogP contribution in [0.5, 0.6) is 0 Å². The van der Waals surface area contributed by atoms with E-state index in [0.29, 0.717) is 25.2 Å². The van der Waals surface area contributed by atoms with Crippen LogP contribution < -0.4 is 11.1 Å². The summed E-state index contributed by atoms with van der Waals surface area (Å²) in [5.74, 6) is -0.753. The number of nitro groups is 1. The summed E-state index contributed by atoms with van der Waals surface area (Å²) < 4.78 is 5.31. The maximum absolute atomic E-state index is 10.7. The van der Waals surface area contributed by atoms with Gasteiger partial charge in [-0.1, -0.05) is 0 Å². The van der Waals surface area contributed by atoms with Crippen molar-refractivity contribution < 1.29 is 19.6 Å². The number of nitrogens with two attached hydrogens (primary N) is 1. The molecule has 0 aliphatic carbocycles. The number of carbonyl (C=O) groups is 1. The molecule has 1 aromatic rings. The number of rotatable bonds is 5. The predicted molar refractivity (Wildman–Crippen MR) is 69.3 cm³/mol. The summed E-state index contributed by atoms with van der Waals surface area (Å²) in [6, 6.07) is 2.71. The van der Waals surface area contributed by atoms with Crippen molar-refractivity contribution in [2.75, 3.05) is 17.6 Å². The van der Waals surface area contributed by atoms with E-state index in [2.05, 4.69) is 10.3 Å². The van der Waals surface area contributed by atoms with E-state index in [4.69, 9.17) is 15.6 Å². The number of carboxylic acid groups (broad SMARTS) is 1. The molecule has 20 heavy (non-hydrogen) atoms. The Bertz CT molecular complexity index is 536. The third kappa shape index (κ3) is 3.12. The first-order valence-corrected chi connectivity index (χ1v) is 6.00. The topological polar surface area (TPSA) is 141 Å². The van der Waals surface area contributed by atoms with Crippen LogP contribution in [0.25, 0.3) is 0 Å². The highest BCUT2D eigenvalue weighted by atomic mass is 16.6. The van der Waals surface area contributed by atoms with Gasteiger partial charge in [0.15, 0.2) is 6.10 Å². The lowest BCUT2D eigenvalue weighted by Crippen LogP contribution is -2.24. The van der Waals surface area contributed by atoms with Crippen molar-refractivity contribution in [2.45, 2.75) is 25.0 Å².